The lowest BCUT2D eigenvalue weighted by molar-refractivity contribution is 0.277. The van der Waals surface area contributed by atoms with E-state index in [2.05, 4.69) is 25.6 Å². The zero-order valence-corrected chi connectivity index (χ0v) is 9.76. The minimum atomic E-state index is -0.526. The van der Waals surface area contributed by atoms with Crippen LogP contribution in [0, 0.1) is 5.82 Å². The van der Waals surface area contributed by atoms with Crippen molar-refractivity contribution in [3.63, 3.8) is 0 Å². The Morgan fingerprint density at radius 1 is 1.44 bits per heavy atom. The van der Waals surface area contributed by atoms with E-state index in [4.69, 9.17) is 5.11 Å². The molecule has 0 aliphatic carbocycles. The molecule has 0 aromatic carbocycles. The first kappa shape index (κ1) is 12.2. The summed E-state index contributed by atoms with van der Waals surface area (Å²) in [6, 6.07) is 0. The summed E-state index contributed by atoms with van der Waals surface area (Å²) in [6.45, 7) is 0.402. The zero-order chi connectivity index (χ0) is 13.0. The molecule has 0 amide bonds. The van der Waals surface area contributed by atoms with Crippen molar-refractivity contribution < 1.29 is 9.50 Å². The maximum absolute atomic E-state index is 13.2. The lowest BCUT2D eigenvalue weighted by Gasteiger charge is -2.08. The Hall–Kier alpha value is -2.22. The van der Waals surface area contributed by atoms with Gasteiger partial charge in [0.1, 0.15) is 0 Å². The Morgan fingerprint density at radius 2 is 2.28 bits per heavy atom. The second kappa shape index (κ2) is 5.41. The van der Waals surface area contributed by atoms with Crippen molar-refractivity contribution in [2.75, 3.05) is 24.3 Å². The molecule has 0 bridgehead atoms. The Morgan fingerprint density at radius 3 is 3.00 bits per heavy atom. The summed E-state index contributed by atoms with van der Waals surface area (Å²) in [5.41, 5.74) is 0. The van der Waals surface area contributed by atoms with Crippen molar-refractivity contribution in [1.29, 1.82) is 0 Å². The molecule has 0 radical (unpaired) electrons. The summed E-state index contributed by atoms with van der Waals surface area (Å²) < 4.78 is 14.9. The number of nitrogens with zero attached hydrogens (tertiary/aromatic N) is 4. The van der Waals surface area contributed by atoms with Gasteiger partial charge in [0.2, 0.25) is 11.9 Å². The quantitative estimate of drug-likeness (QED) is 0.722. The predicted molar refractivity (Wildman–Crippen MR) is 64.1 cm³/mol. The van der Waals surface area contributed by atoms with Gasteiger partial charge in [0, 0.05) is 26.0 Å². The molecule has 0 aliphatic rings. The number of aromatic nitrogens is 4. The van der Waals surface area contributed by atoms with Crippen LogP contribution in [0.25, 0.3) is 0 Å². The molecule has 0 saturated heterocycles. The molecule has 96 valence electrons. The van der Waals surface area contributed by atoms with Crippen LogP contribution in [0.4, 0.5) is 22.1 Å². The first-order chi connectivity index (χ1) is 8.74. The van der Waals surface area contributed by atoms with Crippen LogP contribution < -0.4 is 10.6 Å². The fraction of sp³-hybridized carbons (Fsp3) is 0.300. The lowest BCUT2D eigenvalue weighted by Crippen LogP contribution is -2.09. The first-order valence-electron chi connectivity index (χ1n) is 5.34. The van der Waals surface area contributed by atoms with Gasteiger partial charge in [-0.15, -0.1) is 0 Å². The molecule has 2 heterocycles. The molecule has 8 heteroatoms. The largest absolute Gasteiger partial charge is 0.395 e. The highest BCUT2D eigenvalue weighted by atomic mass is 19.1. The van der Waals surface area contributed by atoms with Crippen molar-refractivity contribution in [2.45, 2.75) is 6.54 Å². The fourth-order valence-corrected chi connectivity index (χ4v) is 1.42. The molecule has 0 atom stereocenters. The van der Waals surface area contributed by atoms with Gasteiger partial charge < -0.3 is 15.0 Å². The summed E-state index contributed by atoms with van der Waals surface area (Å²) in [5.74, 6) is 0.290. The number of aliphatic hydroxyl groups is 1. The number of anilines is 3. The standard InChI is InChI=1S/C10H13FN6O/c1-12-8-7(11)6-14-9(15-8)16-10-13-2-3-17(10)4-5-18/h2-3,6,18H,4-5H2,1H3,(H2,12,13,14,15,16). The first-order valence-corrected chi connectivity index (χ1v) is 5.34. The topological polar surface area (TPSA) is 87.9 Å². The number of aliphatic hydroxyl groups excluding tert-OH is 1. The van der Waals surface area contributed by atoms with Crippen molar-refractivity contribution in [2.24, 2.45) is 0 Å². The average molecular weight is 252 g/mol. The highest BCUT2D eigenvalue weighted by molar-refractivity contribution is 5.47. The Bertz CT molecular complexity index is 529. The van der Waals surface area contributed by atoms with Crippen LogP contribution >= 0.6 is 0 Å². The molecule has 2 rings (SSSR count). The Kier molecular flexibility index (Phi) is 3.68. The van der Waals surface area contributed by atoms with Crippen LogP contribution in [0.5, 0.6) is 0 Å². The van der Waals surface area contributed by atoms with Crippen LogP contribution in [0.1, 0.15) is 0 Å². The maximum atomic E-state index is 13.2. The minimum Gasteiger partial charge on any atom is -0.395 e. The van der Waals surface area contributed by atoms with E-state index >= 15 is 0 Å². The van der Waals surface area contributed by atoms with Gasteiger partial charge in [-0.1, -0.05) is 0 Å². The van der Waals surface area contributed by atoms with E-state index in [0.717, 1.165) is 6.20 Å². The second-order valence-electron chi connectivity index (χ2n) is 3.43. The van der Waals surface area contributed by atoms with E-state index < -0.39 is 5.82 Å². The smallest absolute Gasteiger partial charge is 0.231 e. The zero-order valence-electron chi connectivity index (χ0n) is 9.76. The van der Waals surface area contributed by atoms with E-state index in [0.29, 0.717) is 12.5 Å². The van der Waals surface area contributed by atoms with Gasteiger partial charge in [-0.05, 0) is 0 Å². The van der Waals surface area contributed by atoms with Crippen LogP contribution in [-0.2, 0) is 6.54 Å². The summed E-state index contributed by atoms with van der Waals surface area (Å²) in [7, 11) is 1.57. The Balaban J connectivity index is 2.20. The second-order valence-corrected chi connectivity index (χ2v) is 3.43. The molecule has 0 spiro atoms. The van der Waals surface area contributed by atoms with Gasteiger partial charge in [0.15, 0.2) is 11.6 Å². The molecule has 2 aromatic heterocycles. The van der Waals surface area contributed by atoms with Crippen LogP contribution in [-0.4, -0.2) is 38.3 Å². The van der Waals surface area contributed by atoms with E-state index in [1.165, 1.54) is 0 Å². The highest BCUT2D eigenvalue weighted by Crippen LogP contribution is 2.14. The molecule has 7 nitrogen and oxygen atoms in total. The van der Waals surface area contributed by atoms with Gasteiger partial charge in [0.25, 0.3) is 0 Å². The maximum Gasteiger partial charge on any atom is 0.231 e. The number of halogens is 1. The fourth-order valence-electron chi connectivity index (χ4n) is 1.42. The van der Waals surface area contributed by atoms with Gasteiger partial charge in [0.05, 0.1) is 12.8 Å². The predicted octanol–water partition coefficient (Wildman–Crippen LogP) is 0.590. The Labute approximate surface area is 103 Å². The van der Waals surface area contributed by atoms with Crippen molar-refractivity contribution in [3.8, 4) is 0 Å². The van der Waals surface area contributed by atoms with Crippen LogP contribution in [0.3, 0.4) is 0 Å². The third-order valence-electron chi connectivity index (χ3n) is 2.26. The third kappa shape index (κ3) is 2.54. The number of nitrogens with one attached hydrogen (secondary N) is 2. The number of hydrogen-bond donors (Lipinski definition) is 3. The molecule has 0 aliphatic heterocycles. The SMILES string of the molecule is CNc1nc(Nc2nccn2CCO)ncc1F. The van der Waals surface area contributed by atoms with E-state index in [-0.39, 0.29) is 18.4 Å². The van der Waals surface area contributed by atoms with E-state index in [9.17, 15) is 4.39 Å². The molecule has 18 heavy (non-hydrogen) atoms. The summed E-state index contributed by atoms with van der Waals surface area (Å²) >= 11 is 0. The van der Waals surface area contributed by atoms with Crippen molar-refractivity contribution >= 4 is 17.7 Å². The molecule has 3 N–H and O–H groups in total. The average Bonchev–Trinajstić information content (AvgIpc) is 2.80. The summed E-state index contributed by atoms with van der Waals surface area (Å²) in [6.07, 6.45) is 4.36. The molecule has 2 aromatic rings. The molecular formula is C10H13FN6O. The van der Waals surface area contributed by atoms with E-state index in [1.807, 2.05) is 0 Å². The van der Waals surface area contributed by atoms with Gasteiger partial charge in [-0.25, -0.2) is 14.4 Å². The van der Waals surface area contributed by atoms with Crippen LogP contribution in [0.2, 0.25) is 0 Å². The van der Waals surface area contributed by atoms with Crippen molar-refractivity contribution in [3.05, 3.63) is 24.4 Å². The minimum absolute atomic E-state index is 0.00290. The third-order valence-corrected chi connectivity index (χ3v) is 2.26. The van der Waals surface area contributed by atoms with Gasteiger partial charge in [-0.2, -0.15) is 4.98 Å². The summed E-state index contributed by atoms with van der Waals surface area (Å²) in [4.78, 5) is 11.8. The molecule has 0 saturated carbocycles. The normalized spacial score (nSPS) is 10.4. The molecular weight excluding hydrogens is 239 g/mol. The van der Waals surface area contributed by atoms with E-state index in [1.54, 1.807) is 24.0 Å². The summed E-state index contributed by atoms with van der Waals surface area (Å²) in [5, 5.41) is 14.4. The lowest BCUT2D eigenvalue weighted by atomic mass is 10.5. The highest BCUT2D eigenvalue weighted by Gasteiger charge is 2.08. The molecule has 0 unspecified atom stereocenters. The van der Waals surface area contributed by atoms with Gasteiger partial charge >= 0.3 is 0 Å². The number of hydrogen-bond acceptors (Lipinski definition) is 6. The van der Waals surface area contributed by atoms with Crippen molar-refractivity contribution in [1.82, 2.24) is 19.5 Å². The number of imidazole rings is 1. The molecule has 0 fully saturated rings. The monoisotopic (exact) mass is 252 g/mol. The number of rotatable bonds is 5. The van der Waals surface area contributed by atoms with Gasteiger partial charge in [-0.3, -0.25) is 5.32 Å². The van der Waals surface area contributed by atoms with Crippen LogP contribution in [0.15, 0.2) is 18.6 Å².